The number of nitrogens with one attached hydrogen (secondary N) is 1. The van der Waals surface area contributed by atoms with Crippen LogP contribution in [0.1, 0.15) is 27.0 Å². The van der Waals surface area contributed by atoms with Crippen molar-refractivity contribution < 1.29 is 17.6 Å². The molecule has 2 rings (SSSR count). The summed E-state index contributed by atoms with van der Waals surface area (Å²) in [4.78, 5) is 12.5. The van der Waals surface area contributed by atoms with E-state index in [1.54, 1.807) is 32.0 Å². The summed E-state index contributed by atoms with van der Waals surface area (Å²) in [5.74, 6) is -0.731. The van der Waals surface area contributed by atoms with Gasteiger partial charge in [0.2, 0.25) is 10.0 Å². The van der Waals surface area contributed by atoms with Crippen LogP contribution in [0, 0.1) is 19.7 Å². The molecule has 0 fully saturated rings. The predicted octanol–water partition coefficient (Wildman–Crippen LogP) is 2.62. The summed E-state index contributed by atoms with van der Waals surface area (Å²) in [6.07, 6.45) is 0. The van der Waals surface area contributed by atoms with Gasteiger partial charge in [0.05, 0.1) is 4.90 Å². The lowest BCUT2D eigenvalue weighted by Crippen LogP contribution is -2.26. The number of amides is 1. The molecule has 7 heteroatoms. The maximum atomic E-state index is 12.9. The van der Waals surface area contributed by atoms with Gasteiger partial charge in [0, 0.05) is 26.2 Å². The zero-order chi connectivity index (χ0) is 18.8. The molecule has 1 N–H and O–H groups in total. The van der Waals surface area contributed by atoms with Gasteiger partial charge < -0.3 is 5.32 Å². The highest BCUT2D eigenvalue weighted by molar-refractivity contribution is 7.89. The normalized spacial score (nSPS) is 11.6. The molecule has 2 aromatic rings. The molecular formula is C18H21FN2O3S. The van der Waals surface area contributed by atoms with Crippen molar-refractivity contribution in [3.8, 4) is 0 Å². The summed E-state index contributed by atoms with van der Waals surface area (Å²) in [7, 11) is -0.747. The van der Waals surface area contributed by atoms with Crippen molar-refractivity contribution in [2.45, 2.75) is 25.3 Å². The maximum absolute atomic E-state index is 12.9. The minimum atomic E-state index is -3.65. The Bertz CT molecular complexity index is 891. The molecule has 0 atom stereocenters. The molecule has 0 spiro atoms. The van der Waals surface area contributed by atoms with Gasteiger partial charge in [-0.25, -0.2) is 17.1 Å². The smallest absolute Gasteiger partial charge is 0.251 e. The number of carbonyl (C=O) groups is 1. The SMILES string of the molecule is Cc1cc(C(=O)NCc2ccc(F)cc2)cc(S(=O)(=O)N(C)C)c1C. The third kappa shape index (κ3) is 4.24. The number of hydrogen-bond acceptors (Lipinski definition) is 3. The molecule has 134 valence electrons. The zero-order valence-corrected chi connectivity index (χ0v) is 15.4. The highest BCUT2D eigenvalue weighted by Crippen LogP contribution is 2.23. The van der Waals surface area contributed by atoms with Crippen LogP contribution < -0.4 is 5.32 Å². The van der Waals surface area contributed by atoms with Crippen molar-refractivity contribution in [3.05, 3.63) is 64.5 Å². The molecule has 0 heterocycles. The molecule has 25 heavy (non-hydrogen) atoms. The summed E-state index contributed by atoms with van der Waals surface area (Å²) in [6, 6.07) is 8.84. The van der Waals surface area contributed by atoms with Crippen molar-refractivity contribution in [1.82, 2.24) is 9.62 Å². The number of benzene rings is 2. The Morgan fingerprint density at radius 1 is 1.12 bits per heavy atom. The second kappa shape index (κ2) is 7.33. The molecule has 0 aliphatic rings. The summed E-state index contributed by atoms with van der Waals surface area (Å²) in [6.45, 7) is 3.70. The summed E-state index contributed by atoms with van der Waals surface area (Å²) in [5.41, 5.74) is 2.35. The molecule has 0 aliphatic heterocycles. The van der Waals surface area contributed by atoms with E-state index in [9.17, 15) is 17.6 Å². The lowest BCUT2D eigenvalue weighted by atomic mass is 10.1. The van der Waals surface area contributed by atoms with Crippen LogP contribution in [0.5, 0.6) is 0 Å². The Morgan fingerprint density at radius 3 is 2.28 bits per heavy atom. The van der Waals surface area contributed by atoms with E-state index in [1.165, 1.54) is 32.3 Å². The average Bonchev–Trinajstić information content (AvgIpc) is 2.56. The Kier molecular flexibility index (Phi) is 5.59. The van der Waals surface area contributed by atoms with Crippen LogP contribution in [0.25, 0.3) is 0 Å². The number of sulfonamides is 1. The summed E-state index contributed by atoms with van der Waals surface area (Å²) in [5, 5.41) is 2.72. The van der Waals surface area contributed by atoms with Crippen molar-refractivity contribution in [1.29, 1.82) is 0 Å². The van der Waals surface area contributed by atoms with E-state index in [2.05, 4.69) is 5.32 Å². The first-order valence-electron chi connectivity index (χ1n) is 7.69. The maximum Gasteiger partial charge on any atom is 0.251 e. The molecule has 0 radical (unpaired) electrons. The van der Waals surface area contributed by atoms with Crippen LogP contribution in [0.4, 0.5) is 4.39 Å². The topological polar surface area (TPSA) is 66.5 Å². The van der Waals surface area contributed by atoms with Gasteiger partial charge in [0.25, 0.3) is 5.91 Å². The fourth-order valence-corrected chi connectivity index (χ4v) is 3.53. The fourth-order valence-electron chi connectivity index (χ4n) is 2.31. The number of rotatable bonds is 5. The van der Waals surface area contributed by atoms with Gasteiger partial charge >= 0.3 is 0 Å². The molecule has 0 saturated heterocycles. The number of carbonyl (C=O) groups excluding carboxylic acids is 1. The van der Waals surface area contributed by atoms with Gasteiger partial charge in [0.15, 0.2) is 0 Å². The van der Waals surface area contributed by atoms with Gasteiger partial charge in [-0.15, -0.1) is 0 Å². The highest BCUT2D eigenvalue weighted by atomic mass is 32.2. The zero-order valence-electron chi connectivity index (χ0n) is 14.6. The van der Waals surface area contributed by atoms with E-state index < -0.39 is 10.0 Å². The van der Waals surface area contributed by atoms with Gasteiger partial charge in [0.1, 0.15) is 5.82 Å². The second-order valence-electron chi connectivity index (χ2n) is 6.01. The van der Waals surface area contributed by atoms with Gasteiger partial charge in [-0.1, -0.05) is 12.1 Å². The Labute approximate surface area is 147 Å². The number of halogens is 1. The van der Waals surface area contributed by atoms with E-state index in [0.717, 1.165) is 15.4 Å². The standard InChI is InChI=1S/C18H21FN2O3S/c1-12-9-15(10-17(13(12)2)25(23,24)21(3)4)18(22)20-11-14-5-7-16(19)8-6-14/h5-10H,11H2,1-4H3,(H,20,22). The third-order valence-corrected chi connectivity index (χ3v) is 5.95. The minimum absolute atomic E-state index is 0.115. The van der Waals surface area contributed by atoms with E-state index in [0.29, 0.717) is 5.56 Å². The van der Waals surface area contributed by atoms with E-state index in [4.69, 9.17) is 0 Å². The Hall–Kier alpha value is -2.25. The molecule has 5 nitrogen and oxygen atoms in total. The first kappa shape index (κ1) is 19.1. The average molecular weight is 364 g/mol. The number of hydrogen-bond donors (Lipinski definition) is 1. The third-order valence-electron chi connectivity index (χ3n) is 4.01. The van der Waals surface area contributed by atoms with E-state index in [1.807, 2.05) is 0 Å². The summed E-state index contributed by atoms with van der Waals surface area (Å²) < 4.78 is 38.9. The highest BCUT2D eigenvalue weighted by Gasteiger charge is 2.22. The first-order valence-corrected chi connectivity index (χ1v) is 9.13. The van der Waals surface area contributed by atoms with Crippen molar-refractivity contribution in [2.24, 2.45) is 0 Å². The van der Waals surface area contributed by atoms with Crippen LogP contribution in [0.15, 0.2) is 41.3 Å². The lowest BCUT2D eigenvalue weighted by Gasteiger charge is -2.16. The van der Waals surface area contributed by atoms with E-state index in [-0.39, 0.29) is 28.7 Å². The first-order chi connectivity index (χ1) is 11.6. The Balaban J connectivity index is 2.28. The van der Waals surface area contributed by atoms with Crippen LogP contribution in [-0.2, 0) is 16.6 Å². The van der Waals surface area contributed by atoms with E-state index >= 15 is 0 Å². The second-order valence-corrected chi connectivity index (χ2v) is 8.13. The molecule has 0 bridgehead atoms. The quantitative estimate of drug-likeness (QED) is 0.887. The van der Waals surface area contributed by atoms with Crippen LogP contribution >= 0.6 is 0 Å². The van der Waals surface area contributed by atoms with Crippen LogP contribution in [0.2, 0.25) is 0 Å². The lowest BCUT2D eigenvalue weighted by molar-refractivity contribution is 0.0950. The molecule has 0 saturated carbocycles. The van der Waals surface area contributed by atoms with Crippen molar-refractivity contribution >= 4 is 15.9 Å². The largest absolute Gasteiger partial charge is 0.348 e. The fraction of sp³-hybridized carbons (Fsp3) is 0.278. The van der Waals surface area contributed by atoms with Crippen molar-refractivity contribution in [3.63, 3.8) is 0 Å². The predicted molar refractivity (Wildman–Crippen MR) is 94.4 cm³/mol. The van der Waals surface area contributed by atoms with Gasteiger partial charge in [-0.3, -0.25) is 4.79 Å². The van der Waals surface area contributed by atoms with Crippen molar-refractivity contribution in [2.75, 3.05) is 14.1 Å². The van der Waals surface area contributed by atoms with Crippen LogP contribution in [0.3, 0.4) is 0 Å². The van der Waals surface area contributed by atoms with Gasteiger partial charge in [-0.2, -0.15) is 0 Å². The Morgan fingerprint density at radius 2 is 1.72 bits per heavy atom. The molecule has 2 aromatic carbocycles. The molecule has 0 aromatic heterocycles. The number of nitrogens with zero attached hydrogens (tertiary/aromatic N) is 1. The minimum Gasteiger partial charge on any atom is -0.348 e. The molecular weight excluding hydrogens is 343 g/mol. The molecule has 1 amide bonds. The monoisotopic (exact) mass is 364 g/mol. The van der Waals surface area contributed by atoms with Gasteiger partial charge in [-0.05, 0) is 54.8 Å². The summed E-state index contributed by atoms with van der Waals surface area (Å²) >= 11 is 0. The molecule has 0 aliphatic carbocycles. The van der Waals surface area contributed by atoms with Crippen LogP contribution in [-0.4, -0.2) is 32.7 Å². The molecule has 0 unspecified atom stereocenters. The number of aryl methyl sites for hydroxylation is 1.